The van der Waals surface area contributed by atoms with E-state index < -0.39 is 27.0 Å². The predicted octanol–water partition coefficient (Wildman–Crippen LogP) is 4.53. The average Bonchev–Trinajstić information content (AvgIpc) is 2.43. The molecule has 0 unspecified atom stereocenters. The maximum absolute atomic E-state index is 12.8. The molecule has 0 aliphatic heterocycles. The van der Waals surface area contributed by atoms with Crippen LogP contribution in [0.2, 0.25) is 5.02 Å². The number of hydrogen-bond donors (Lipinski definition) is 1. The van der Waals surface area contributed by atoms with E-state index in [-0.39, 0.29) is 16.5 Å². The lowest BCUT2D eigenvalue weighted by Gasteiger charge is -2.15. The van der Waals surface area contributed by atoms with Crippen LogP contribution < -0.4 is 9.46 Å². The minimum atomic E-state index is -5.62. The van der Waals surface area contributed by atoms with Gasteiger partial charge in [0.1, 0.15) is 11.6 Å². The number of benzene rings is 2. The Balaban J connectivity index is 2.36. The van der Waals surface area contributed by atoms with Gasteiger partial charge in [-0.25, -0.2) is 4.39 Å². The summed E-state index contributed by atoms with van der Waals surface area (Å²) in [4.78, 5) is 0. The fourth-order valence-electron chi connectivity index (χ4n) is 1.50. The smallest absolute Gasteiger partial charge is 0.455 e. The van der Waals surface area contributed by atoms with Crippen LogP contribution in [0.3, 0.4) is 0 Å². The van der Waals surface area contributed by atoms with Gasteiger partial charge in [-0.05, 0) is 36.4 Å². The second kappa shape index (κ2) is 6.25. The fourth-order valence-corrected chi connectivity index (χ4v) is 2.23. The Bertz CT molecular complexity index is 807. The average molecular weight is 370 g/mol. The van der Waals surface area contributed by atoms with Crippen molar-refractivity contribution in [1.29, 1.82) is 0 Å². The van der Waals surface area contributed by atoms with E-state index >= 15 is 0 Å². The van der Waals surface area contributed by atoms with E-state index in [1.807, 2.05) is 0 Å². The number of halogens is 5. The lowest BCUT2D eigenvalue weighted by Crippen LogP contribution is -2.30. The first-order valence-corrected chi connectivity index (χ1v) is 7.77. The molecule has 0 aliphatic carbocycles. The molecule has 1 N–H and O–H groups in total. The van der Waals surface area contributed by atoms with Gasteiger partial charge in [-0.15, -0.1) is 0 Å². The van der Waals surface area contributed by atoms with Crippen molar-refractivity contribution in [2.75, 3.05) is 4.72 Å². The molecule has 0 fully saturated rings. The molecule has 0 spiro atoms. The first-order valence-electron chi connectivity index (χ1n) is 5.90. The van der Waals surface area contributed by atoms with Crippen molar-refractivity contribution >= 4 is 27.3 Å². The summed E-state index contributed by atoms with van der Waals surface area (Å²) >= 11 is 5.73. The molecule has 0 aromatic heterocycles. The lowest BCUT2D eigenvalue weighted by atomic mass is 10.3. The molecule has 2 rings (SSSR count). The Kier molecular flexibility index (Phi) is 4.71. The van der Waals surface area contributed by atoms with Crippen LogP contribution in [-0.2, 0) is 10.0 Å². The molecule has 4 nitrogen and oxygen atoms in total. The maximum Gasteiger partial charge on any atom is 0.516 e. The number of nitrogens with one attached hydrogen (secondary N) is 1. The van der Waals surface area contributed by atoms with Crippen LogP contribution in [0, 0.1) is 5.82 Å². The van der Waals surface area contributed by atoms with Gasteiger partial charge in [0.05, 0.1) is 5.69 Å². The minimum absolute atomic E-state index is 0.0844. The van der Waals surface area contributed by atoms with E-state index in [9.17, 15) is 26.0 Å². The van der Waals surface area contributed by atoms with Gasteiger partial charge in [-0.2, -0.15) is 21.6 Å². The van der Waals surface area contributed by atoms with Gasteiger partial charge >= 0.3 is 15.5 Å². The highest BCUT2D eigenvalue weighted by Gasteiger charge is 2.46. The van der Waals surface area contributed by atoms with Crippen molar-refractivity contribution in [2.45, 2.75) is 5.51 Å². The molecule has 0 heterocycles. The van der Waals surface area contributed by atoms with Crippen LogP contribution in [0.25, 0.3) is 0 Å². The van der Waals surface area contributed by atoms with E-state index in [1.165, 1.54) is 22.9 Å². The van der Waals surface area contributed by atoms with Crippen LogP contribution in [0.5, 0.6) is 11.5 Å². The summed E-state index contributed by atoms with van der Waals surface area (Å²) in [6.45, 7) is 0. The zero-order valence-electron chi connectivity index (χ0n) is 11.1. The van der Waals surface area contributed by atoms with Crippen LogP contribution >= 0.6 is 11.6 Å². The van der Waals surface area contributed by atoms with Gasteiger partial charge in [0, 0.05) is 11.1 Å². The summed E-state index contributed by atoms with van der Waals surface area (Å²) in [7, 11) is -5.62. The summed E-state index contributed by atoms with van der Waals surface area (Å²) in [6, 6.07) is 7.91. The summed E-state index contributed by atoms with van der Waals surface area (Å²) in [5, 5.41) is 0.108. The second-order valence-corrected chi connectivity index (χ2v) is 6.36. The monoisotopic (exact) mass is 369 g/mol. The zero-order valence-corrected chi connectivity index (χ0v) is 12.6. The summed E-state index contributed by atoms with van der Waals surface area (Å²) < 4.78 is 79.2. The highest BCUT2D eigenvalue weighted by atomic mass is 35.5. The number of anilines is 1. The second-order valence-electron chi connectivity index (χ2n) is 4.25. The number of hydrogen-bond acceptors (Lipinski definition) is 3. The van der Waals surface area contributed by atoms with Crippen molar-refractivity contribution in [2.24, 2.45) is 0 Å². The molecule has 124 valence electrons. The normalized spacial score (nSPS) is 12.0. The Morgan fingerprint density at radius 1 is 1.04 bits per heavy atom. The Labute approximate surface area is 133 Å². The third kappa shape index (κ3) is 4.26. The SMILES string of the molecule is O=S(=O)(Nc1ccc(Cl)cc1Oc1ccc(F)cc1)C(F)(F)F. The van der Waals surface area contributed by atoms with Gasteiger partial charge in [-0.3, -0.25) is 4.72 Å². The topological polar surface area (TPSA) is 55.4 Å². The van der Waals surface area contributed by atoms with Gasteiger partial charge < -0.3 is 4.74 Å². The molecule has 0 saturated carbocycles. The van der Waals surface area contributed by atoms with Gasteiger partial charge in [-0.1, -0.05) is 11.6 Å². The standard InChI is InChI=1S/C13H8ClF4NO3S/c14-8-1-6-11(19-23(20,21)13(16,17)18)12(7-8)22-10-4-2-9(15)3-5-10/h1-7,19H. The van der Waals surface area contributed by atoms with E-state index in [2.05, 4.69) is 0 Å². The summed E-state index contributed by atoms with van der Waals surface area (Å²) in [5.41, 5.74) is -5.95. The van der Waals surface area contributed by atoms with Gasteiger partial charge in [0.2, 0.25) is 0 Å². The predicted molar refractivity (Wildman–Crippen MR) is 76.5 cm³/mol. The number of sulfonamides is 1. The third-order valence-corrected chi connectivity index (χ3v) is 3.87. The Hall–Kier alpha value is -2.00. The first kappa shape index (κ1) is 17.4. The number of ether oxygens (including phenoxy) is 1. The van der Waals surface area contributed by atoms with Crippen molar-refractivity contribution in [3.8, 4) is 11.5 Å². The van der Waals surface area contributed by atoms with Crippen molar-refractivity contribution < 1.29 is 30.7 Å². The Morgan fingerprint density at radius 2 is 1.65 bits per heavy atom. The Morgan fingerprint density at radius 3 is 2.22 bits per heavy atom. The molecular weight excluding hydrogens is 362 g/mol. The van der Waals surface area contributed by atoms with Crippen LogP contribution in [0.1, 0.15) is 0 Å². The molecule has 0 bridgehead atoms. The molecule has 2 aromatic rings. The zero-order chi connectivity index (χ0) is 17.3. The molecule has 23 heavy (non-hydrogen) atoms. The lowest BCUT2D eigenvalue weighted by molar-refractivity contribution is -0.0429. The first-order chi connectivity index (χ1) is 10.6. The number of rotatable bonds is 4. The quantitative estimate of drug-likeness (QED) is 0.805. The highest BCUT2D eigenvalue weighted by Crippen LogP contribution is 2.35. The third-order valence-electron chi connectivity index (χ3n) is 2.53. The van der Waals surface area contributed by atoms with Crippen LogP contribution in [-0.4, -0.2) is 13.9 Å². The molecule has 10 heteroatoms. The summed E-state index contributed by atoms with van der Waals surface area (Å²) in [6.07, 6.45) is 0. The molecule has 2 aromatic carbocycles. The minimum Gasteiger partial charge on any atom is -0.455 e. The van der Waals surface area contributed by atoms with Crippen LogP contribution in [0.4, 0.5) is 23.2 Å². The largest absolute Gasteiger partial charge is 0.516 e. The molecule has 0 atom stereocenters. The molecule has 0 aliphatic rings. The molecule has 0 saturated heterocycles. The fraction of sp³-hybridized carbons (Fsp3) is 0.0769. The van der Waals surface area contributed by atoms with Crippen LogP contribution in [0.15, 0.2) is 42.5 Å². The number of alkyl halides is 3. The van der Waals surface area contributed by atoms with E-state index in [4.69, 9.17) is 16.3 Å². The van der Waals surface area contributed by atoms with Crippen molar-refractivity contribution in [3.63, 3.8) is 0 Å². The van der Waals surface area contributed by atoms with Crippen molar-refractivity contribution in [3.05, 3.63) is 53.3 Å². The van der Waals surface area contributed by atoms with Crippen molar-refractivity contribution in [1.82, 2.24) is 0 Å². The van der Waals surface area contributed by atoms with Gasteiger partial charge in [0.25, 0.3) is 0 Å². The van der Waals surface area contributed by atoms with E-state index in [0.717, 1.165) is 24.3 Å². The van der Waals surface area contributed by atoms with E-state index in [1.54, 1.807) is 0 Å². The molecule has 0 amide bonds. The maximum atomic E-state index is 12.8. The molecular formula is C13H8ClF4NO3S. The summed E-state index contributed by atoms with van der Waals surface area (Å²) in [5.74, 6) is -0.723. The molecule has 0 radical (unpaired) electrons. The highest BCUT2D eigenvalue weighted by molar-refractivity contribution is 7.93. The van der Waals surface area contributed by atoms with E-state index in [0.29, 0.717) is 0 Å². The van der Waals surface area contributed by atoms with Gasteiger partial charge in [0.15, 0.2) is 5.75 Å².